The van der Waals surface area contributed by atoms with E-state index in [1.807, 2.05) is 27.7 Å². The van der Waals surface area contributed by atoms with Crippen molar-refractivity contribution in [3.05, 3.63) is 21.6 Å². The van der Waals surface area contributed by atoms with Crippen LogP contribution in [-0.2, 0) is 5.21 Å². The van der Waals surface area contributed by atoms with Gasteiger partial charge in [0.25, 0.3) is 0 Å². The van der Waals surface area contributed by atoms with Crippen LogP contribution in [0.4, 0.5) is 0 Å². The summed E-state index contributed by atoms with van der Waals surface area (Å²) in [6, 6.07) is 0. The van der Waals surface area contributed by atoms with Gasteiger partial charge in [0, 0.05) is 16.8 Å². The Morgan fingerprint density at radius 2 is 1.81 bits per heavy atom. The predicted octanol–water partition coefficient (Wildman–Crippen LogP) is 3.21. The fourth-order valence-electron chi connectivity index (χ4n) is 2.32. The zero-order valence-electron chi connectivity index (χ0n) is 9.99. The molecule has 0 unspecified atom stereocenters. The van der Waals surface area contributed by atoms with E-state index >= 15 is 0 Å². The van der Waals surface area contributed by atoms with Gasteiger partial charge in [-0.25, -0.2) is 0 Å². The maximum atomic E-state index is 12.2. The molecule has 0 spiro atoms. The molecule has 6 heteroatoms. The first-order valence-electron chi connectivity index (χ1n) is 5.07. The molecule has 0 atom stereocenters. The molecule has 1 heterocycles. The van der Waals surface area contributed by atoms with Gasteiger partial charge in [0.2, 0.25) is 0 Å². The minimum atomic E-state index is -0.610. The van der Waals surface area contributed by atoms with Gasteiger partial charge in [0.05, 0.1) is 11.1 Å². The van der Waals surface area contributed by atoms with Crippen molar-refractivity contribution in [2.45, 2.75) is 38.8 Å². The smallest absolute Gasteiger partial charge is 0.0667 e. The largest absolute Gasteiger partial charge is 0.136 e. The predicted molar refractivity (Wildman–Crippen MR) is 65.5 cm³/mol. The van der Waals surface area contributed by atoms with Crippen molar-refractivity contribution >= 4 is 15.9 Å². The average molecular weight is 288 g/mol. The molecule has 1 radical (unpaired) electrons. The zero-order chi connectivity index (χ0) is 12.6. The average Bonchev–Trinajstić information content (AvgIpc) is 2.33. The summed E-state index contributed by atoms with van der Waals surface area (Å²) in [5.41, 5.74) is 9.16. The highest BCUT2D eigenvalue weighted by Gasteiger charge is 2.50. The molecular formula is C10H16BrN4O. The van der Waals surface area contributed by atoms with Crippen LogP contribution in [0.3, 0.4) is 0 Å². The minimum absolute atomic E-state index is 0.257. The summed E-state index contributed by atoms with van der Waals surface area (Å²) in [4.78, 5) is 2.76. The lowest BCUT2D eigenvalue weighted by Crippen LogP contribution is -2.48. The van der Waals surface area contributed by atoms with Crippen LogP contribution >= 0.6 is 15.9 Å². The van der Waals surface area contributed by atoms with Gasteiger partial charge in [0.1, 0.15) is 0 Å². The van der Waals surface area contributed by atoms with E-state index in [0.29, 0.717) is 5.33 Å². The maximum absolute atomic E-state index is 12.2. The fraction of sp³-hybridized carbons (Fsp3) is 0.800. The molecule has 1 aliphatic rings. The minimum Gasteiger partial charge on any atom is -0.136 e. The second-order valence-electron chi connectivity index (χ2n) is 4.89. The van der Waals surface area contributed by atoms with Crippen LogP contribution in [0.25, 0.3) is 10.4 Å². The van der Waals surface area contributed by atoms with Crippen molar-refractivity contribution < 1.29 is 5.21 Å². The zero-order valence-corrected chi connectivity index (χ0v) is 11.6. The van der Waals surface area contributed by atoms with Gasteiger partial charge < -0.3 is 0 Å². The molecule has 0 amide bonds. The highest BCUT2D eigenvalue weighted by atomic mass is 79.9. The Balaban J connectivity index is 3.28. The van der Waals surface area contributed by atoms with Crippen LogP contribution in [0, 0.1) is 0 Å². The van der Waals surface area contributed by atoms with E-state index < -0.39 is 11.1 Å². The van der Waals surface area contributed by atoms with Crippen molar-refractivity contribution in [1.29, 1.82) is 0 Å². The number of azide groups is 1. The highest BCUT2D eigenvalue weighted by Crippen LogP contribution is 2.44. The SMILES string of the molecule is CC1(C)C(CBr)=C(CN=[N+]=[N-])C(C)(C)N1[O]. The number of nitrogens with zero attached hydrogens (tertiary/aromatic N) is 4. The summed E-state index contributed by atoms with van der Waals surface area (Å²) >= 11 is 3.41. The van der Waals surface area contributed by atoms with Crippen molar-refractivity contribution in [2.24, 2.45) is 5.11 Å². The van der Waals surface area contributed by atoms with Crippen LogP contribution in [0.1, 0.15) is 27.7 Å². The molecule has 16 heavy (non-hydrogen) atoms. The molecule has 1 rings (SSSR count). The van der Waals surface area contributed by atoms with Crippen molar-refractivity contribution in [3.8, 4) is 0 Å². The first kappa shape index (κ1) is 13.5. The van der Waals surface area contributed by atoms with E-state index in [-0.39, 0.29) is 6.54 Å². The summed E-state index contributed by atoms with van der Waals surface area (Å²) in [5, 5.41) is 17.5. The summed E-state index contributed by atoms with van der Waals surface area (Å²) in [5.74, 6) is 0. The lowest BCUT2D eigenvalue weighted by molar-refractivity contribution is -0.240. The van der Waals surface area contributed by atoms with Gasteiger partial charge in [-0.05, 0) is 44.4 Å². The van der Waals surface area contributed by atoms with Crippen LogP contribution in [0.15, 0.2) is 16.3 Å². The van der Waals surface area contributed by atoms with Crippen molar-refractivity contribution in [3.63, 3.8) is 0 Å². The Labute approximate surface area is 104 Å². The first-order valence-corrected chi connectivity index (χ1v) is 6.19. The van der Waals surface area contributed by atoms with Gasteiger partial charge >= 0.3 is 0 Å². The third kappa shape index (κ3) is 1.86. The highest BCUT2D eigenvalue weighted by molar-refractivity contribution is 9.09. The Morgan fingerprint density at radius 1 is 1.31 bits per heavy atom. The Kier molecular flexibility index (Phi) is 3.69. The van der Waals surface area contributed by atoms with Crippen LogP contribution in [-0.4, -0.2) is 28.0 Å². The number of rotatable bonds is 3. The third-order valence-electron chi connectivity index (χ3n) is 3.28. The summed E-state index contributed by atoms with van der Waals surface area (Å²) in [6.45, 7) is 7.76. The van der Waals surface area contributed by atoms with Crippen LogP contribution in [0.2, 0.25) is 0 Å². The molecule has 5 nitrogen and oxygen atoms in total. The summed E-state index contributed by atoms with van der Waals surface area (Å²) < 4.78 is 0. The summed E-state index contributed by atoms with van der Waals surface area (Å²) in [6.07, 6.45) is 0. The number of alkyl halides is 1. The van der Waals surface area contributed by atoms with Gasteiger partial charge in [-0.1, -0.05) is 21.0 Å². The Morgan fingerprint density at radius 3 is 2.25 bits per heavy atom. The van der Waals surface area contributed by atoms with Gasteiger partial charge in [-0.15, -0.1) is 10.3 Å². The number of hydrogen-bond donors (Lipinski definition) is 0. The van der Waals surface area contributed by atoms with Crippen LogP contribution in [0.5, 0.6) is 0 Å². The maximum Gasteiger partial charge on any atom is 0.0667 e. The molecule has 0 aromatic rings. The van der Waals surface area contributed by atoms with E-state index in [4.69, 9.17) is 5.53 Å². The van der Waals surface area contributed by atoms with Gasteiger partial charge in [0.15, 0.2) is 0 Å². The second-order valence-corrected chi connectivity index (χ2v) is 5.45. The molecule has 0 aliphatic carbocycles. The van der Waals surface area contributed by atoms with E-state index in [2.05, 4.69) is 26.0 Å². The molecule has 1 aliphatic heterocycles. The quantitative estimate of drug-likeness (QED) is 0.258. The van der Waals surface area contributed by atoms with E-state index in [1.54, 1.807) is 0 Å². The molecule has 0 saturated carbocycles. The molecule has 0 fully saturated rings. The molecule has 0 N–H and O–H groups in total. The molecular weight excluding hydrogens is 272 g/mol. The van der Waals surface area contributed by atoms with Gasteiger partial charge in [-0.3, -0.25) is 0 Å². The number of hydroxylamine groups is 2. The van der Waals surface area contributed by atoms with Crippen molar-refractivity contribution in [1.82, 2.24) is 5.06 Å². The lowest BCUT2D eigenvalue weighted by atomic mass is 9.92. The fourth-order valence-corrected chi connectivity index (χ4v) is 3.34. The molecule has 89 valence electrons. The normalized spacial score (nSPS) is 23.4. The lowest BCUT2D eigenvalue weighted by Gasteiger charge is -2.34. The van der Waals surface area contributed by atoms with E-state index in [0.717, 1.165) is 16.2 Å². The van der Waals surface area contributed by atoms with E-state index in [9.17, 15) is 5.21 Å². The number of halogens is 1. The molecule has 0 bridgehead atoms. The standard InChI is InChI=1S/C10H16BrN4O/c1-9(2)7(5-11)8(6-13-14-12)10(3,4)15(9)16/h5-6H2,1-4H3. The number of hydrogen-bond acceptors (Lipinski definition) is 2. The second kappa shape index (κ2) is 4.37. The molecule has 0 aromatic carbocycles. The van der Waals surface area contributed by atoms with E-state index in [1.165, 1.54) is 0 Å². The Bertz CT molecular complexity index is 369. The Hall–Kier alpha value is -0.550. The van der Waals surface area contributed by atoms with Crippen molar-refractivity contribution in [2.75, 3.05) is 11.9 Å². The molecule has 0 aromatic heterocycles. The van der Waals surface area contributed by atoms with Gasteiger partial charge in [-0.2, -0.15) is 0 Å². The monoisotopic (exact) mass is 287 g/mol. The topological polar surface area (TPSA) is 71.9 Å². The van der Waals surface area contributed by atoms with Crippen LogP contribution < -0.4 is 0 Å². The first-order chi connectivity index (χ1) is 7.30. The third-order valence-corrected chi connectivity index (χ3v) is 3.84. The summed E-state index contributed by atoms with van der Waals surface area (Å²) in [7, 11) is 0. The molecule has 0 saturated heterocycles.